The molecule has 1 heterocycles. The molecule has 0 aromatic rings. The van der Waals surface area contributed by atoms with Crippen LogP contribution in [0.4, 0.5) is 0 Å². The number of ether oxygens (including phenoxy) is 2. The molecule has 0 spiro atoms. The third-order valence-corrected chi connectivity index (χ3v) is 2.55. The average molecular weight is 244 g/mol. The summed E-state index contributed by atoms with van der Waals surface area (Å²) < 4.78 is 11.3. The van der Waals surface area contributed by atoms with Crippen molar-refractivity contribution < 1.29 is 19.1 Å². The van der Waals surface area contributed by atoms with Gasteiger partial charge in [-0.3, -0.25) is 9.59 Å². The second-order valence-electron chi connectivity index (χ2n) is 4.65. The van der Waals surface area contributed by atoms with Gasteiger partial charge in [-0.05, 0) is 20.3 Å². The molecule has 1 aliphatic rings. The summed E-state index contributed by atoms with van der Waals surface area (Å²) in [7, 11) is 0. The zero-order valence-electron chi connectivity index (χ0n) is 10.3. The number of amides is 2. The summed E-state index contributed by atoms with van der Waals surface area (Å²) in [6.45, 7) is 4.16. The number of primary amides is 1. The minimum absolute atomic E-state index is 0.0319. The number of nitrogens with two attached hydrogens (primary N) is 1. The highest BCUT2D eigenvalue weighted by Gasteiger charge is 2.35. The van der Waals surface area contributed by atoms with Crippen molar-refractivity contribution in [3.05, 3.63) is 0 Å². The van der Waals surface area contributed by atoms with Gasteiger partial charge in [0.1, 0.15) is 0 Å². The zero-order valence-corrected chi connectivity index (χ0v) is 10.3. The molecule has 98 valence electrons. The van der Waals surface area contributed by atoms with E-state index in [-0.39, 0.29) is 24.5 Å². The molecule has 2 amide bonds. The number of rotatable bonds is 6. The molecular formula is C11H20N2O4. The highest BCUT2D eigenvalue weighted by atomic mass is 16.7. The molecule has 0 aromatic heterocycles. The topological polar surface area (TPSA) is 90.6 Å². The average Bonchev–Trinajstić information content (AvgIpc) is 2.14. The van der Waals surface area contributed by atoms with Gasteiger partial charge in [0.25, 0.3) is 0 Å². The summed E-state index contributed by atoms with van der Waals surface area (Å²) in [5, 5.41) is 2.59. The first-order chi connectivity index (χ1) is 7.93. The molecule has 3 N–H and O–H groups in total. The van der Waals surface area contributed by atoms with Gasteiger partial charge in [-0.25, -0.2) is 0 Å². The van der Waals surface area contributed by atoms with Crippen LogP contribution in [0.2, 0.25) is 0 Å². The van der Waals surface area contributed by atoms with Gasteiger partial charge in [-0.2, -0.15) is 0 Å². The standard InChI is InChI=1S/C11H20N2O4/c1-11(2)16-8(3-4-13-7-14)5-9(17-11)6-10(12)15/h7-9H,3-6H2,1-2H3,(H2,12,15)(H,13,14)/t8-,9-/m1/s1. The van der Waals surface area contributed by atoms with Crippen LogP contribution in [0.3, 0.4) is 0 Å². The summed E-state index contributed by atoms with van der Waals surface area (Å²) in [4.78, 5) is 21.0. The summed E-state index contributed by atoms with van der Waals surface area (Å²) in [5.41, 5.74) is 5.16. The number of hydrogen-bond acceptors (Lipinski definition) is 4. The van der Waals surface area contributed by atoms with Gasteiger partial charge in [0.05, 0.1) is 18.6 Å². The van der Waals surface area contributed by atoms with Gasteiger partial charge in [0.2, 0.25) is 12.3 Å². The first kappa shape index (κ1) is 13.9. The van der Waals surface area contributed by atoms with Crippen molar-refractivity contribution in [2.45, 2.75) is 51.1 Å². The molecule has 1 aliphatic heterocycles. The van der Waals surface area contributed by atoms with Crippen LogP contribution in [0.5, 0.6) is 0 Å². The number of nitrogens with one attached hydrogen (secondary N) is 1. The Balaban J connectivity index is 2.48. The van der Waals surface area contributed by atoms with E-state index in [1.807, 2.05) is 0 Å². The van der Waals surface area contributed by atoms with Crippen molar-refractivity contribution in [1.29, 1.82) is 0 Å². The predicted molar refractivity (Wildman–Crippen MR) is 60.9 cm³/mol. The molecule has 1 fully saturated rings. The van der Waals surface area contributed by atoms with Crippen LogP contribution in [-0.4, -0.2) is 36.9 Å². The Morgan fingerprint density at radius 1 is 1.47 bits per heavy atom. The van der Waals surface area contributed by atoms with Crippen molar-refractivity contribution in [3.8, 4) is 0 Å². The molecule has 1 rings (SSSR count). The van der Waals surface area contributed by atoms with Gasteiger partial charge in [-0.15, -0.1) is 0 Å². The summed E-state index contributed by atoms with van der Waals surface area (Å²) >= 11 is 0. The fourth-order valence-corrected chi connectivity index (χ4v) is 2.05. The SMILES string of the molecule is CC1(C)O[C@H](CCNC=O)C[C@H](CC(N)=O)O1. The van der Waals surface area contributed by atoms with Crippen LogP contribution < -0.4 is 11.1 Å². The molecule has 0 saturated carbocycles. The maximum absolute atomic E-state index is 10.9. The lowest BCUT2D eigenvalue weighted by atomic mass is 10.0. The largest absolute Gasteiger partial charge is 0.370 e. The maximum Gasteiger partial charge on any atom is 0.220 e. The van der Waals surface area contributed by atoms with Crippen molar-refractivity contribution in [2.75, 3.05) is 6.54 Å². The minimum Gasteiger partial charge on any atom is -0.370 e. The zero-order chi connectivity index (χ0) is 12.9. The Morgan fingerprint density at radius 2 is 2.12 bits per heavy atom. The van der Waals surface area contributed by atoms with E-state index in [1.165, 1.54) is 0 Å². The van der Waals surface area contributed by atoms with Gasteiger partial charge < -0.3 is 20.5 Å². The molecule has 0 aromatic carbocycles. The Morgan fingerprint density at radius 3 is 2.71 bits per heavy atom. The molecule has 6 nitrogen and oxygen atoms in total. The highest BCUT2D eigenvalue weighted by Crippen LogP contribution is 2.29. The molecule has 17 heavy (non-hydrogen) atoms. The van der Waals surface area contributed by atoms with E-state index >= 15 is 0 Å². The van der Waals surface area contributed by atoms with E-state index in [2.05, 4.69) is 5.32 Å². The summed E-state index contributed by atoms with van der Waals surface area (Å²) in [6, 6.07) is 0. The monoisotopic (exact) mass is 244 g/mol. The smallest absolute Gasteiger partial charge is 0.220 e. The van der Waals surface area contributed by atoms with Crippen molar-refractivity contribution in [2.24, 2.45) is 5.73 Å². The predicted octanol–water partition coefficient (Wildman–Crippen LogP) is -0.0919. The number of hydrogen-bond donors (Lipinski definition) is 2. The quantitative estimate of drug-likeness (QED) is 0.504. The lowest BCUT2D eigenvalue weighted by Crippen LogP contribution is -2.46. The minimum atomic E-state index is -0.718. The van der Waals surface area contributed by atoms with Crippen LogP contribution in [-0.2, 0) is 19.1 Å². The summed E-state index contributed by atoms with van der Waals surface area (Å²) in [6.07, 6.45) is 1.93. The van der Waals surface area contributed by atoms with Gasteiger partial charge >= 0.3 is 0 Å². The third-order valence-electron chi connectivity index (χ3n) is 2.55. The molecule has 0 unspecified atom stereocenters. The van der Waals surface area contributed by atoms with Crippen LogP contribution in [0.1, 0.15) is 33.1 Å². The molecule has 2 atom stereocenters. The van der Waals surface area contributed by atoms with Crippen molar-refractivity contribution in [1.82, 2.24) is 5.32 Å². The first-order valence-corrected chi connectivity index (χ1v) is 5.74. The van der Waals surface area contributed by atoms with Crippen LogP contribution in [0.25, 0.3) is 0 Å². The molecule has 0 aliphatic carbocycles. The summed E-state index contributed by atoms with van der Waals surface area (Å²) in [5.74, 6) is -1.10. The van der Waals surface area contributed by atoms with Crippen LogP contribution in [0.15, 0.2) is 0 Å². The van der Waals surface area contributed by atoms with Gasteiger partial charge in [0, 0.05) is 13.0 Å². The van der Waals surface area contributed by atoms with Crippen molar-refractivity contribution >= 4 is 12.3 Å². The number of carbonyl (C=O) groups is 2. The lowest BCUT2D eigenvalue weighted by Gasteiger charge is -2.40. The van der Waals surface area contributed by atoms with Crippen LogP contribution in [0, 0.1) is 0 Å². The second-order valence-corrected chi connectivity index (χ2v) is 4.65. The lowest BCUT2D eigenvalue weighted by molar-refractivity contribution is -0.299. The van der Waals surface area contributed by atoms with Crippen molar-refractivity contribution in [3.63, 3.8) is 0 Å². The van der Waals surface area contributed by atoms with E-state index in [1.54, 1.807) is 13.8 Å². The molecule has 6 heteroatoms. The number of carbonyl (C=O) groups excluding carboxylic acids is 2. The normalized spacial score (nSPS) is 27.4. The Hall–Kier alpha value is -1.14. The Labute approximate surface area is 101 Å². The Kier molecular flexibility index (Phi) is 4.89. The van der Waals surface area contributed by atoms with E-state index < -0.39 is 5.79 Å². The molecular weight excluding hydrogens is 224 g/mol. The Bertz CT molecular complexity index is 281. The van der Waals surface area contributed by atoms with E-state index in [0.29, 0.717) is 25.8 Å². The fourth-order valence-electron chi connectivity index (χ4n) is 2.05. The second kappa shape index (κ2) is 5.97. The first-order valence-electron chi connectivity index (χ1n) is 5.74. The van der Waals surface area contributed by atoms with Gasteiger partial charge in [0.15, 0.2) is 5.79 Å². The van der Waals surface area contributed by atoms with E-state index in [0.717, 1.165) is 0 Å². The van der Waals surface area contributed by atoms with E-state index in [4.69, 9.17) is 15.2 Å². The van der Waals surface area contributed by atoms with Crippen LogP contribution >= 0.6 is 0 Å². The highest BCUT2D eigenvalue weighted by molar-refractivity contribution is 5.74. The maximum atomic E-state index is 10.9. The van der Waals surface area contributed by atoms with Gasteiger partial charge in [-0.1, -0.05) is 0 Å². The molecule has 1 saturated heterocycles. The third kappa shape index (κ3) is 5.14. The van der Waals surface area contributed by atoms with E-state index in [9.17, 15) is 9.59 Å². The molecule has 0 radical (unpaired) electrons. The molecule has 0 bridgehead atoms. The fraction of sp³-hybridized carbons (Fsp3) is 0.818.